The molecule has 0 aromatic carbocycles. The topological polar surface area (TPSA) is 57.6 Å². The number of hydrogen-bond acceptors (Lipinski definition) is 3. The first-order valence-corrected chi connectivity index (χ1v) is 4.74. The van der Waals surface area contributed by atoms with Crippen LogP contribution in [-0.2, 0) is 9.59 Å². The van der Waals surface area contributed by atoms with Gasteiger partial charge in [0.25, 0.3) is 11.8 Å². The van der Waals surface area contributed by atoms with Gasteiger partial charge in [0.2, 0.25) is 0 Å². The smallest absolute Gasteiger partial charge is 0.253 e. The first-order valence-electron chi connectivity index (χ1n) is 4.74. The zero-order chi connectivity index (χ0) is 10.7. The number of aliphatic hydroxyl groups is 1. The fourth-order valence-electron chi connectivity index (χ4n) is 1.51. The minimum Gasteiger partial charge on any atom is -0.396 e. The third-order valence-electron chi connectivity index (χ3n) is 2.66. The molecule has 14 heavy (non-hydrogen) atoms. The molecule has 0 aromatic heterocycles. The zero-order valence-electron chi connectivity index (χ0n) is 8.43. The molecule has 0 radical (unpaired) electrons. The fourth-order valence-corrected chi connectivity index (χ4v) is 1.51. The average Bonchev–Trinajstić information content (AvgIpc) is 2.46. The van der Waals surface area contributed by atoms with Crippen LogP contribution < -0.4 is 0 Å². The van der Waals surface area contributed by atoms with Gasteiger partial charge in [-0.05, 0) is 19.3 Å². The largest absolute Gasteiger partial charge is 0.396 e. The van der Waals surface area contributed by atoms with E-state index in [0.29, 0.717) is 6.42 Å². The molecule has 4 nitrogen and oxygen atoms in total. The maximum absolute atomic E-state index is 11.3. The van der Waals surface area contributed by atoms with Crippen molar-refractivity contribution in [2.45, 2.75) is 26.3 Å². The van der Waals surface area contributed by atoms with E-state index in [1.807, 2.05) is 13.8 Å². The van der Waals surface area contributed by atoms with E-state index in [1.54, 1.807) is 0 Å². The molecule has 4 heteroatoms. The molecule has 1 N–H and O–H groups in total. The normalized spacial score (nSPS) is 20.4. The standard InChI is InChI=1S/C10H15NO3/c1-7(5-6-12)8(2)11-9(13)3-4-10(11)14/h3-4,7-8,12H,5-6H2,1-2H3. The maximum atomic E-state index is 11.3. The summed E-state index contributed by atoms with van der Waals surface area (Å²) in [5, 5.41) is 8.76. The number of aliphatic hydroxyl groups excluding tert-OH is 1. The SMILES string of the molecule is CC(CCO)C(C)N1C(=O)C=CC1=O. The van der Waals surface area contributed by atoms with Gasteiger partial charge >= 0.3 is 0 Å². The third-order valence-corrected chi connectivity index (χ3v) is 2.66. The van der Waals surface area contributed by atoms with Crippen LogP contribution in [0.3, 0.4) is 0 Å². The van der Waals surface area contributed by atoms with E-state index in [2.05, 4.69) is 0 Å². The van der Waals surface area contributed by atoms with Gasteiger partial charge in [-0.15, -0.1) is 0 Å². The molecule has 1 aliphatic heterocycles. The van der Waals surface area contributed by atoms with Gasteiger partial charge in [0.15, 0.2) is 0 Å². The lowest BCUT2D eigenvalue weighted by molar-refractivity contribution is -0.140. The maximum Gasteiger partial charge on any atom is 0.253 e. The second-order valence-electron chi connectivity index (χ2n) is 3.61. The number of nitrogens with zero attached hydrogens (tertiary/aromatic N) is 1. The van der Waals surface area contributed by atoms with Gasteiger partial charge in [0, 0.05) is 24.8 Å². The number of amides is 2. The molecule has 2 atom stereocenters. The predicted molar refractivity (Wildman–Crippen MR) is 51.3 cm³/mol. The van der Waals surface area contributed by atoms with Crippen LogP contribution in [0, 0.1) is 5.92 Å². The van der Waals surface area contributed by atoms with Crippen molar-refractivity contribution < 1.29 is 14.7 Å². The molecule has 0 saturated heterocycles. The Balaban J connectivity index is 2.65. The number of carbonyl (C=O) groups excluding carboxylic acids is 2. The molecule has 2 unspecified atom stereocenters. The van der Waals surface area contributed by atoms with Crippen LogP contribution in [0.5, 0.6) is 0 Å². The van der Waals surface area contributed by atoms with E-state index in [0.717, 1.165) is 0 Å². The van der Waals surface area contributed by atoms with Crippen molar-refractivity contribution >= 4 is 11.8 Å². The van der Waals surface area contributed by atoms with Gasteiger partial charge < -0.3 is 5.11 Å². The van der Waals surface area contributed by atoms with Crippen LogP contribution in [0.15, 0.2) is 12.2 Å². The number of imide groups is 1. The summed E-state index contributed by atoms with van der Waals surface area (Å²) in [5.41, 5.74) is 0. The lowest BCUT2D eigenvalue weighted by Gasteiger charge is -2.27. The van der Waals surface area contributed by atoms with E-state index in [9.17, 15) is 9.59 Å². The highest BCUT2D eigenvalue weighted by Crippen LogP contribution is 2.18. The number of rotatable bonds is 4. The molecule has 1 rings (SSSR count). The van der Waals surface area contributed by atoms with Crippen LogP contribution >= 0.6 is 0 Å². The van der Waals surface area contributed by atoms with Gasteiger partial charge in [-0.2, -0.15) is 0 Å². The Labute approximate surface area is 83.2 Å². The highest BCUT2D eigenvalue weighted by molar-refractivity contribution is 6.13. The molecule has 0 spiro atoms. The molecular weight excluding hydrogens is 182 g/mol. The predicted octanol–water partition coefficient (Wildman–Crippen LogP) is 0.318. The summed E-state index contributed by atoms with van der Waals surface area (Å²) in [5.74, 6) is -0.396. The van der Waals surface area contributed by atoms with Gasteiger partial charge in [-0.25, -0.2) is 0 Å². The quantitative estimate of drug-likeness (QED) is 0.660. The Bertz CT molecular complexity index is 255. The lowest BCUT2D eigenvalue weighted by atomic mass is 9.99. The van der Waals surface area contributed by atoms with Crippen molar-refractivity contribution in [1.29, 1.82) is 0 Å². The second kappa shape index (κ2) is 4.37. The Morgan fingerprint density at radius 1 is 1.29 bits per heavy atom. The molecule has 2 amide bonds. The highest BCUT2D eigenvalue weighted by atomic mass is 16.3. The van der Waals surface area contributed by atoms with Crippen molar-refractivity contribution in [2.24, 2.45) is 5.92 Å². The minimum atomic E-state index is -0.257. The van der Waals surface area contributed by atoms with Gasteiger partial charge in [0.05, 0.1) is 0 Å². The summed E-state index contributed by atoms with van der Waals surface area (Å²) in [6, 6.07) is -0.155. The molecule has 0 bridgehead atoms. The fraction of sp³-hybridized carbons (Fsp3) is 0.600. The van der Waals surface area contributed by atoms with Crippen LogP contribution in [0.1, 0.15) is 20.3 Å². The summed E-state index contributed by atoms with van der Waals surface area (Å²) in [4.78, 5) is 23.8. The number of carbonyl (C=O) groups is 2. The second-order valence-corrected chi connectivity index (χ2v) is 3.61. The summed E-state index contributed by atoms with van der Waals surface area (Å²) in [6.07, 6.45) is 3.16. The third kappa shape index (κ3) is 2.01. The molecule has 1 aliphatic rings. The Morgan fingerprint density at radius 3 is 2.21 bits per heavy atom. The van der Waals surface area contributed by atoms with Gasteiger partial charge in [-0.3, -0.25) is 14.5 Å². The zero-order valence-corrected chi connectivity index (χ0v) is 8.43. The van der Waals surface area contributed by atoms with E-state index in [1.165, 1.54) is 17.1 Å². The van der Waals surface area contributed by atoms with Crippen LogP contribution in [0.4, 0.5) is 0 Å². The first kappa shape index (κ1) is 10.9. The molecule has 78 valence electrons. The van der Waals surface area contributed by atoms with Crippen molar-refractivity contribution in [1.82, 2.24) is 4.90 Å². The van der Waals surface area contributed by atoms with Crippen molar-refractivity contribution in [3.05, 3.63) is 12.2 Å². The summed E-state index contributed by atoms with van der Waals surface area (Å²) in [6.45, 7) is 3.82. The van der Waals surface area contributed by atoms with E-state index >= 15 is 0 Å². The van der Waals surface area contributed by atoms with Crippen molar-refractivity contribution in [3.8, 4) is 0 Å². The Morgan fingerprint density at radius 2 is 1.79 bits per heavy atom. The molecule has 0 saturated carbocycles. The first-order chi connectivity index (χ1) is 6.57. The molecular formula is C10H15NO3. The summed E-state index contributed by atoms with van der Waals surface area (Å²) >= 11 is 0. The lowest BCUT2D eigenvalue weighted by Crippen LogP contribution is -2.42. The van der Waals surface area contributed by atoms with E-state index in [4.69, 9.17) is 5.11 Å². The van der Waals surface area contributed by atoms with E-state index < -0.39 is 0 Å². The molecule has 0 aliphatic carbocycles. The average molecular weight is 197 g/mol. The highest BCUT2D eigenvalue weighted by Gasteiger charge is 2.30. The van der Waals surface area contributed by atoms with Crippen LogP contribution in [0.25, 0.3) is 0 Å². The van der Waals surface area contributed by atoms with Crippen LogP contribution in [-0.4, -0.2) is 34.5 Å². The van der Waals surface area contributed by atoms with Crippen molar-refractivity contribution in [3.63, 3.8) is 0 Å². The molecule has 1 heterocycles. The summed E-state index contributed by atoms with van der Waals surface area (Å²) in [7, 11) is 0. The molecule has 0 fully saturated rings. The van der Waals surface area contributed by atoms with Gasteiger partial charge in [0.1, 0.15) is 0 Å². The molecule has 0 aromatic rings. The van der Waals surface area contributed by atoms with Crippen molar-refractivity contribution in [2.75, 3.05) is 6.61 Å². The Hall–Kier alpha value is -1.16. The summed E-state index contributed by atoms with van der Waals surface area (Å²) < 4.78 is 0. The van der Waals surface area contributed by atoms with Crippen LogP contribution in [0.2, 0.25) is 0 Å². The van der Waals surface area contributed by atoms with Gasteiger partial charge in [-0.1, -0.05) is 6.92 Å². The van der Waals surface area contributed by atoms with E-state index in [-0.39, 0.29) is 30.4 Å². The Kier molecular flexibility index (Phi) is 3.41. The monoisotopic (exact) mass is 197 g/mol. The minimum absolute atomic E-state index is 0.0785. The number of hydrogen-bond donors (Lipinski definition) is 1.